The zero-order chi connectivity index (χ0) is 19.1. The molecule has 2 rings (SSSR count). The lowest BCUT2D eigenvalue weighted by molar-refractivity contribution is 0.323. The average Bonchev–Trinajstić information content (AvgIpc) is 2.61. The minimum atomic E-state index is -0.321. The molecular formula is C21H27NO4. The third kappa shape index (κ3) is 4.91. The molecular weight excluding hydrogens is 330 g/mol. The summed E-state index contributed by atoms with van der Waals surface area (Å²) in [4.78, 5) is 15.2. The summed E-state index contributed by atoms with van der Waals surface area (Å²) in [6.45, 7) is 6.57. The van der Waals surface area contributed by atoms with Gasteiger partial charge in [-0.15, -0.1) is 0 Å². The van der Waals surface area contributed by atoms with Gasteiger partial charge in [0.1, 0.15) is 12.4 Å². The number of hydrogen-bond acceptors (Lipinski definition) is 4. The second-order valence-electron chi connectivity index (χ2n) is 6.41. The Morgan fingerprint density at radius 1 is 1.08 bits per heavy atom. The molecule has 0 radical (unpaired) electrons. The summed E-state index contributed by atoms with van der Waals surface area (Å²) in [7, 11) is 3.12. The first-order chi connectivity index (χ1) is 12.5. The molecule has 0 spiro atoms. The smallest absolute Gasteiger partial charge is 0.294 e. The van der Waals surface area contributed by atoms with Crippen molar-refractivity contribution in [3.63, 3.8) is 0 Å². The number of rotatable bonds is 8. The Morgan fingerprint density at radius 2 is 1.85 bits per heavy atom. The van der Waals surface area contributed by atoms with E-state index in [-0.39, 0.29) is 11.3 Å². The third-order valence-electron chi connectivity index (χ3n) is 4.09. The van der Waals surface area contributed by atoms with Crippen molar-refractivity contribution >= 4 is 10.9 Å². The lowest BCUT2D eigenvalue weighted by Crippen LogP contribution is -2.13. The number of hydrogen-bond donors (Lipinski definition) is 1. The number of allylic oxidation sites excluding steroid dienone is 3. The third-order valence-corrected chi connectivity index (χ3v) is 4.09. The first-order valence-electron chi connectivity index (χ1n) is 8.66. The van der Waals surface area contributed by atoms with Crippen molar-refractivity contribution in [2.75, 3.05) is 20.8 Å². The fourth-order valence-electron chi connectivity index (χ4n) is 2.65. The van der Waals surface area contributed by atoms with Gasteiger partial charge in [-0.2, -0.15) is 0 Å². The number of pyridine rings is 1. The van der Waals surface area contributed by atoms with E-state index in [1.807, 2.05) is 18.2 Å². The molecule has 26 heavy (non-hydrogen) atoms. The van der Waals surface area contributed by atoms with Crippen LogP contribution < -0.4 is 19.8 Å². The number of nitrogens with one attached hydrogen (secondary N) is 1. The SMILES string of the molecule is COc1ccc2c(OC)c(OC/C=C(\C)CCC=C(C)C)c(=O)[nH]c2c1. The van der Waals surface area contributed by atoms with Gasteiger partial charge in [0, 0.05) is 11.5 Å². The lowest BCUT2D eigenvalue weighted by Gasteiger charge is -2.12. The van der Waals surface area contributed by atoms with Gasteiger partial charge in [0.15, 0.2) is 5.75 Å². The molecule has 0 saturated heterocycles. The minimum Gasteiger partial charge on any atom is -0.497 e. The van der Waals surface area contributed by atoms with Crippen LogP contribution in [0.2, 0.25) is 0 Å². The Bertz CT molecular complexity index is 873. The van der Waals surface area contributed by atoms with Crippen LogP contribution in [0.25, 0.3) is 10.9 Å². The quantitative estimate of drug-likeness (QED) is 0.701. The van der Waals surface area contributed by atoms with E-state index >= 15 is 0 Å². The van der Waals surface area contributed by atoms with E-state index in [9.17, 15) is 4.79 Å². The van der Waals surface area contributed by atoms with Crippen molar-refractivity contribution in [1.82, 2.24) is 4.98 Å². The van der Waals surface area contributed by atoms with Crippen molar-refractivity contribution in [1.29, 1.82) is 0 Å². The van der Waals surface area contributed by atoms with Crippen molar-refractivity contribution in [3.8, 4) is 17.2 Å². The van der Waals surface area contributed by atoms with Crippen LogP contribution in [-0.2, 0) is 0 Å². The van der Waals surface area contributed by atoms with Gasteiger partial charge in [0.25, 0.3) is 5.56 Å². The number of fused-ring (bicyclic) bond motifs is 1. The molecule has 5 heteroatoms. The fraction of sp³-hybridized carbons (Fsp3) is 0.381. The molecule has 140 valence electrons. The molecule has 1 aromatic carbocycles. The van der Waals surface area contributed by atoms with E-state index in [1.165, 1.54) is 18.3 Å². The topological polar surface area (TPSA) is 60.6 Å². The standard InChI is InChI=1S/C21H27NO4/c1-14(2)7-6-8-15(3)11-12-26-20-19(25-5)17-10-9-16(24-4)13-18(17)22-21(20)23/h7,9-11,13H,6,8,12H2,1-5H3,(H,22,23)/b15-11+. The molecule has 0 unspecified atom stereocenters. The Kier molecular flexibility index (Phi) is 6.89. The first-order valence-corrected chi connectivity index (χ1v) is 8.66. The highest BCUT2D eigenvalue weighted by atomic mass is 16.5. The molecule has 0 bridgehead atoms. The van der Waals surface area contributed by atoms with E-state index in [0.29, 0.717) is 23.6 Å². The molecule has 0 aliphatic rings. The van der Waals surface area contributed by atoms with Crippen LogP contribution in [0.5, 0.6) is 17.2 Å². The van der Waals surface area contributed by atoms with Crippen molar-refractivity contribution in [2.24, 2.45) is 0 Å². The van der Waals surface area contributed by atoms with Gasteiger partial charge in [-0.25, -0.2) is 0 Å². The van der Waals surface area contributed by atoms with Gasteiger partial charge in [0.2, 0.25) is 5.75 Å². The van der Waals surface area contributed by atoms with Gasteiger partial charge < -0.3 is 19.2 Å². The molecule has 2 aromatic rings. The highest BCUT2D eigenvalue weighted by Gasteiger charge is 2.15. The van der Waals surface area contributed by atoms with Crippen LogP contribution >= 0.6 is 0 Å². The summed E-state index contributed by atoms with van der Waals surface area (Å²) in [5.41, 5.74) is 2.87. The number of benzene rings is 1. The zero-order valence-electron chi connectivity index (χ0n) is 16.1. The number of ether oxygens (including phenoxy) is 3. The molecule has 1 heterocycles. The molecule has 0 amide bonds. The number of H-pyrrole nitrogens is 1. The Balaban J connectivity index is 2.20. The van der Waals surface area contributed by atoms with Gasteiger partial charge in [-0.1, -0.05) is 17.2 Å². The zero-order valence-corrected chi connectivity index (χ0v) is 16.1. The van der Waals surface area contributed by atoms with E-state index in [2.05, 4.69) is 31.8 Å². The van der Waals surface area contributed by atoms with Crippen molar-refractivity contribution in [3.05, 3.63) is 51.9 Å². The maximum Gasteiger partial charge on any atom is 0.294 e. The normalized spacial score (nSPS) is 11.3. The highest BCUT2D eigenvalue weighted by Crippen LogP contribution is 2.32. The Labute approximate surface area is 154 Å². The predicted molar refractivity (Wildman–Crippen MR) is 106 cm³/mol. The van der Waals surface area contributed by atoms with E-state index in [1.54, 1.807) is 13.2 Å². The number of aromatic nitrogens is 1. The molecule has 1 N–H and O–H groups in total. The van der Waals surface area contributed by atoms with E-state index in [4.69, 9.17) is 14.2 Å². The average molecular weight is 357 g/mol. The molecule has 0 aliphatic carbocycles. The second kappa shape index (κ2) is 9.13. The minimum absolute atomic E-state index is 0.193. The summed E-state index contributed by atoms with van der Waals surface area (Å²) < 4.78 is 16.4. The molecule has 0 atom stereocenters. The summed E-state index contributed by atoms with van der Waals surface area (Å²) in [5, 5.41) is 0.771. The Hall–Kier alpha value is -2.69. The molecule has 0 fully saturated rings. The monoisotopic (exact) mass is 357 g/mol. The van der Waals surface area contributed by atoms with Crippen LogP contribution in [0, 0.1) is 0 Å². The summed E-state index contributed by atoms with van der Waals surface area (Å²) in [6.07, 6.45) is 6.19. The van der Waals surface area contributed by atoms with Gasteiger partial charge in [0.05, 0.1) is 19.7 Å². The van der Waals surface area contributed by atoms with Crippen LogP contribution in [0.1, 0.15) is 33.6 Å². The first kappa shape index (κ1) is 19.6. The van der Waals surface area contributed by atoms with Crippen LogP contribution in [-0.4, -0.2) is 25.8 Å². The number of aromatic amines is 1. The largest absolute Gasteiger partial charge is 0.497 e. The lowest BCUT2D eigenvalue weighted by atomic mass is 10.1. The fourth-order valence-corrected chi connectivity index (χ4v) is 2.65. The molecule has 0 aliphatic heterocycles. The summed E-state index contributed by atoms with van der Waals surface area (Å²) >= 11 is 0. The molecule has 0 saturated carbocycles. The van der Waals surface area contributed by atoms with Crippen LogP contribution in [0.4, 0.5) is 0 Å². The number of methoxy groups -OCH3 is 2. The summed E-state index contributed by atoms with van der Waals surface area (Å²) in [6, 6.07) is 5.42. The maximum absolute atomic E-state index is 12.4. The van der Waals surface area contributed by atoms with Crippen LogP contribution in [0.3, 0.4) is 0 Å². The molecule has 1 aromatic heterocycles. The van der Waals surface area contributed by atoms with Crippen molar-refractivity contribution < 1.29 is 14.2 Å². The maximum atomic E-state index is 12.4. The van der Waals surface area contributed by atoms with Crippen LogP contribution in [0.15, 0.2) is 46.3 Å². The van der Waals surface area contributed by atoms with E-state index < -0.39 is 0 Å². The highest BCUT2D eigenvalue weighted by molar-refractivity contribution is 5.88. The van der Waals surface area contributed by atoms with E-state index in [0.717, 1.165) is 18.2 Å². The van der Waals surface area contributed by atoms with Gasteiger partial charge >= 0.3 is 0 Å². The van der Waals surface area contributed by atoms with Crippen molar-refractivity contribution in [2.45, 2.75) is 33.6 Å². The summed E-state index contributed by atoms with van der Waals surface area (Å²) in [5.74, 6) is 1.29. The predicted octanol–water partition coefficient (Wildman–Crippen LogP) is 4.62. The van der Waals surface area contributed by atoms with Gasteiger partial charge in [-0.3, -0.25) is 4.79 Å². The van der Waals surface area contributed by atoms with Gasteiger partial charge in [-0.05, 0) is 51.8 Å². The Morgan fingerprint density at radius 3 is 2.50 bits per heavy atom. The second-order valence-corrected chi connectivity index (χ2v) is 6.41. The molecule has 5 nitrogen and oxygen atoms in total.